The van der Waals surface area contributed by atoms with Crippen molar-refractivity contribution in [2.45, 2.75) is 6.61 Å². The molecule has 0 saturated carbocycles. The fraction of sp³-hybridized carbons (Fsp3) is 0.250. The van der Waals surface area contributed by atoms with Crippen LogP contribution in [0, 0.1) is 0 Å². The predicted molar refractivity (Wildman–Crippen MR) is 54.6 cm³/mol. The first kappa shape index (κ1) is 14.6. The molecule has 0 bridgehead atoms. The summed E-state index contributed by atoms with van der Waals surface area (Å²) in [5.41, 5.74) is 0.447. The summed E-state index contributed by atoms with van der Waals surface area (Å²) in [4.78, 5) is 0. The molecule has 0 unspecified atom stereocenters. The van der Waals surface area contributed by atoms with E-state index in [9.17, 15) is 13.5 Å². The van der Waals surface area contributed by atoms with Crippen molar-refractivity contribution in [3.05, 3.63) is 23.8 Å². The smallest absolute Gasteiger partial charge is 0.397 e. The number of phenolic OH excluding ortho intramolecular Hbond substituents is 1. The zero-order chi connectivity index (χ0) is 11.5. The van der Waals surface area contributed by atoms with E-state index in [-0.39, 0.29) is 23.6 Å². The third-order valence-electron chi connectivity index (χ3n) is 1.62. The normalized spacial score (nSPS) is 10.6. The van der Waals surface area contributed by atoms with Crippen molar-refractivity contribution in [3.63, 3.8) is 0 Å². The molecule has 0 aliphatic heterocycles. The summed E-state index contributed by atoms with van der Waals surface area (Å²) < 4.78 is 37.8. The van der Waals surface area contributed by atoms with Gasteiger partial charge in [0.05, 0.1) is 13.7 Å². The van der Waals surface area contributed by atoms with Gasteiger partial charge in [0.2, 0.25) is 0 Å². The molecule has 0 aliphatic carbocycles. The van der Waals surface area contributed by atoms with Crippen LogP contribution in [0.15, 0.2) is 18.2 Å². The van der Waals surface area contributed by atoms with Crippen LogP contribution < -0.4 is 4.74 Å². The van der Waals surface area contributed by atoms with Crippen LogP contribution in [0.4, 0.5) is 0 Å². The quantitative estimate of drug-likeness (QED) is 0.720. The Kier molecular flexibility index (Phi) is 5.18. The van der Waals surface area contributed by atoms with E-state index >= 15 is 0 Å². The maximum atomic E-state index is 10.3. The zero-order valence-corrected chi connectivity index (χ0v) is 9.19. The molecule has 0 aromatic heterocycles. The van der Waals surface area contributed by atoms with Gasteiger partial charge in [0.25, 0.3) is 0 Å². The van der Waals surface area contributed by atoms with Crippen molar-refractivity contribution in [2.24, 2.45) is 0 Å². The summed E-state index contributed by atoms with van der Waals surface area (Å²) >= 11 is 0. The minimum Gasteiger partial charge on any atom is -0.504 e. The molecule has 1 aromatic carbocycles. The third-order valence-corrected chi connectivity index (χ3v) is 2.03. The Morgan fingerprint density at radius 3 is 2.50 bits per heavy atom. The lowest BCUT2D eigenvalue weighted by Crippen LogP contribution is -2.03. The highest BCUT2D eigenvalue weighted by molar-refractivity contribution is 7.80. The lowest BCUT2D eigenvalue weighted by molar-refractivity contribution is 0.259. The summed E-state index contributed by atoms with van der Waals surface area (Å²) in [7, 11) is -3.09. The molecule has 16 heavy (non-hydrogen) atoms. The van der Waals surface area contributed by atoms with E-state index in [1.165, 1.54) is 25.3 Å². The summed E-state index contributed by atoms with van der Waals surface area (Å²) in [6.45, 7) is -0.324. The average molecular weight is 252 g/mol. The van der Waals surface area contributed by atoms with Crippen molar-refractivity contribution in [2.75, 3.05) is 7.11 Å². The van der Waals surface area contributed by atoms with Gasteiger partial charge in [0, 0.05) is 0 Å². The molecule has 8 heteroatoms. The van der Waals surface area contributed by atoms with Crippen LogP contribution in [0.2, 0.25) is 0 Å². The van der Waals surface area contributed by atoms with Gasteiger partial charge in [-0.15, -0.1) is 0 Å². The first-order valence-corrected chi connectivity index (χ1v) is 5.26. The van der Waals surface area contributed by atoms with E-state index in [1.807, 2.05) is 0 Å². The number of methoxy groups -OCH3 is 1. The zero-order valence-electron chi connectivity index (χ0n) is 8.37. The Morgan fingerprint density at radius 2 is 2.00 bits per heavy atom. The number of hydrogen-bond donors (Lipinski definition) is 2. The second-order valence-corrected chi connectivity index (χ2v) is 3.79. The van der Waals surface area contributed by atoms with Gasteiger partial charge in [-0.05, 0) is 17.7 Å². The number of benzene rings is 1. The second-order valence-electron chi connectivity index (χ2n) is 2.70. The van der Waals surface area contributed by atoms with E-state index in [2.05, 4.69) is 4.18 Å². The van der Waals surface area contributed by atoms with Gasteiger partial charge in [-0.25, -0.2) is 4.18 Å². The highest BCUT2D eigenvalue weighted by Gasteiger charge is 2.07. The fourth-order valence-corrected chi connectivity index (χ4v) is 1.24. The van der Waals surface area contributed by atoms with Crippen molar-refractivity contribution in [3.8, 4) is 11.5 Å². The summed E-state index contributed by atoms with van der Waals surface area (Å²) in [6, 6.07) is 4.19. The Labute approximate surface area is 92.5 Å². The van der Waals surface area contributed by atoms with Crippen LogP contribution in [0.5, 0.6) is 11.5 Å². The van der Waals surface area contributed by atoms with Gasteiger partial charge >= 0.3 is 10.4 Å². The van der Waals surface area contributed by atoms with Crippen molar-refractivity contribution in [1.29, 1.82) is 0 Å². The monoisotopic (exact) mass is 252 g/mol. The Balaban J connectivity index is 0.00000225. The highest BCUT2D eigenvalue weighted by Crippen LogP contribution is 2.26. The lowest BCUT2D eigenvalue weighted by atomic mass is 10.2. The van der Waals surface area contributed by atoms with E-state index in [1.54, 1.807) is 0 Å². The van der Waals surface area contributed by atoms with Gasteiger partial charge in [0.1, 0.15) is 0 Å². The molecule has 92 valence electrons. The van der Waals surface area contributed by atoms with Gasteiger partial charge in [-0.2, -0.15) is 8.42 Å². The van der Waals surface area contributed by atoms with Crippen LogP contribution in [0.3, 0.4) is 0 Å². The predicted octanol–water partition coefficient (Wildman–Crippen LogP) is -0.105. The van der Waals surface area contributed by atoms with Crippen LogP contribution >= 0.6 is 0 Å². The van der Waals surface area contributed by atoms with Crippen LogP contribution in [0.25, 0.3) is 0 Å². The summed E-state index contributed by atoms with van der Waals surface area (Å²) in [6.07, 6.45) is 0. The van der Waals surface area contributed by atoms with Gasteiger partial charge in [0.15, 0.2) is 11.5 Å². The van der Waals surface area contributed by atoms with Crippen LogP contribution in [-0.4, -0.2) is 30.7 Å². The molecule has 0 saturated heterocycles. The molecule has 1 rings (SSSR count). The molecule has 4 N–H and O–H groups in total. The topological polar surface area (TPSA) is 125 Å². The first-order chi connectivity index (χ1) is 6.92. The van der Waals surface area contributed by atoms with Crippen molar-refractivity contribution in [1.82, 2.24) is 0 Å². The van der Waals surface area contributed by atoms with Gasteiger partial charge < -0.3 is 15.3 Å². The highest BCUT2D eigenvalue weighted by atomic mass is 32.3. The average Bonchev–Trinajstić information content (AvgIpc) is 2.15. The van der Waals surface area contributed by atoms with E-state index in [0.717, 1.165) is 0 Å². The first-order valence-electron chi connectivity index (χ1n) is 3.90. The maximum absolute atomic E-state index is 10.3. The molecule has 0 heterocycles. The van der Waals surface area contributed by atoms with Crippen LogP contribution in [-0.2, 0) is 21.2 Å². The molecule has 0 fully saturated rings. The minimum absolute atomic E-state index is 0. The Hall–Kier alpha value is -1.35. The molecular weight excluding hydrogens is 240 g/mol. The maximum Gasteiger partial charge on any atom is 0.397 e. The van der Waals surface area contributed by atoms with Gasteiger partial charge in [-0.1, -0.05) is 6.07 Å². The summed E-state index contributed by atoms with van der Waals surface area (Å²) in [5, 5.41) is 9.23. The number of hydrogen-bond acceptors (Lipinski definition) is 5. The number of ether oxygens (including phenoxy) is 1. The van der Waals surface area contributed by atoms with E-state index < -0.39 is 10.4 Å². The number of rotatable bonds is 4. The number of aromatic hydroxyl groups is 1. The fourth-order valence-electron chi connectivity index (χ4n) is 0.954. The second kappa shape index (κ2) is 5.66. The number of phenols is 1. The van der Waals surface area contributed by atoms with E-state index in [0.29, 0.717) is 5.56 Å². The summed E-state index contributed by atoms with van der Waals surface area (Å²) in [5.74, 6) is 0.138. The van der Waals surface area contributed by atoms with Crippen molar-refractivity contribution < 1.29 is 32.5 Å². The minimum atomic E-state index is -4.46. The largest absolute Gasteiger partial charge is 0.504 e. The SMILES string of the molecule is COc1cc(COS(=O)(=O)O)ccc1O.O. The molecule has 0 amide bonds. The molecular formula is C8H12O7S. The molecule has 0 radical (unpaired) electrons. The molecule has 0 spiro atoms. The molecule has 1 aromatic rings. The van der Waals surface area contributed by atoms with Crippen LogP contribution in [0.1, 0.15) is 5.56 Å². The Morgan fingerprint density at radius 1 is 1.38 bits per heavy atom. The third kappa shape index (κ3) is 4.45. The van der Waals surface area contributed by atoms with Crippen molar-refractivity contribution >= 4 is 10.4 Å². The molecule has 0 atom stereocenters. The van der Waals surface area contributed by atoms with E-state index in [4.69, 9.17) is 9.29 Å². The lowest BCUT2D eigenvalue weighted by Gasteiger charge is -2.05. The molecule has 7 nitrogen and oxygen atoms in total. The molecule has 0 aliphatic rings. The van der Waals surface area contributed by atoms with Gasteiger partial charge in [-0.3, -0.25) is 4.55 Å². The Bertz CT molecular complexity index is 440. The standard InChI is InChI=1S/C8H10O6S.H2O/c1-13-8-4-6(2-3-7(8)9)5-14-15(10,11)12;/h2-4,9H,5H2,1H3,(H,10,11,12);1H2.